The van der Waals surface area contributed by atoms with Crippen LogP contribution in [0.5, 0.6) is 0 Å². The molecule has 0 atom stereocenters. The number of aryl methyl sites for hydroxylation is 1. The molecular weight excluding hydrogens is 229 g/mol. The average molecular weight is 244 g/mol. The zero-order valence-electron chi connectivity index (χ0n) is 9.72. The summed E-state index contributed by atoms with van der Waals surface area (Å²) in [6.45, 7) is 1.98. The maximum Gasteiger partial charge on any atom is 0.401 e. The first kappa shape index (κ1) is 12.4. The quantitative estimate of drug-likeness (QED) is 0.794. The van der Waals surface area contributed by atoms with Crippen LogP contribution in [-0.4, -0.2) is 29.1 Å². The van der Waals surface area contributed by atoms with Crippen molar-refractivity contribution in [2.24, 2.45) is 0 Å². The Morgan fingerprint density at radius 3 is 2.82 bits per heavy atom. The summed E-state index contributed by atoms with van der Waals surface area (Å²) in [6, 6.07) is 1.98. The predicted octanol–water partition coefficient (Wildman–Crippen LogP) is 2.56. The van der Waals surface area contributed by atoms with E-state index in [4.69, 9.17) is 0 Å². The minimum absolute atomic E-state index is 0.357. The second-order valence-corrected chi connectivity index (χ2v) is 4.38. The molecule has 0 bridgehead atoms. The minimum Gasteiger partial charge on any atom is -0.290 e. The van der Waals surface area contributed by atoms with E-state index in [1.807, 2.05) is 19.2 Å². The van der Waals surface area contributed by atoms with Crippen LogP contribution in [-0.2, 0) is 19.4 Å². The van der Waals surface area contributed by atoms with Gasteiger partial charge in [-0.3, -0.25) is 9.88 Å². The molecule has 17 heavy (non-hydrogen) atoms. The number of aromatic nitrogens is 1. The van der Waals surface area contributed by atoms with Crippen molar-refractivity contribution >= 4 is 0 Å². The molecule has 0 saturated carbocycles. The van der Waals surface area contributed by atoms with Gasteiger partial charge in [0.25, 0.3) is 0 Å². The Bertz CT molecular complexity index is 401. The Balaban J connectivity index is 2.11. The SMILES string of the molecule is CCc1cnc2c(c1)CN(CC(F)(F)F)CC2. The zero-order valence-corrected chi connectivity index (χ0v) is 9.72. The molecule has 0 fully saturated rings. The molecule has 1 aliphatic rings. The van der Waals surface area contributed by atoms with Gasteiger partial charge in [0.15, 0.2) is 0 Å². The largest absolute Gasteiger partial charge is 0.401 e. The smallest absolute Gasteiger partial charge is 0.290 e. The van der Waals surface area contributed by atoms with E-state index in [2.05, 4.69) is 4.98 Å². The van der Waals surface area contributed by atoms with Crippen LogP contribution in [0.25, 0.3) is 0 Å². The lowest BCUT2D eigenvalue weighted by Gasteiger charge is -2.28. The molecule has 0 aliphatic carbocycles. The van der Waals surface area contributed by atoms with E-state index < -0.39 is 12.7 Å². The third kappa shape index (κ3) is 3.19. The van der Waals surface area contributed by atoms with E-state index in [1.165, 1.54) is 4.90 Å². The number of alkyl halides is 3. The van der Waals surface area contributed by atoms with Crippen LogP contribution in [0.3, 0.4) is 0 Å². The topological polar surface area (TPSA) is 16.1 Å². The van der Waals surface area contributed by atoms with Crippen molar-refractivity contribution in [1.82, 2.24) is 9.88 Å². The molecule has 2 heterocycles. The van der Waals surface area contributed by atoms with E-state index in [9.17, 15) is 13.2 Å². The molecule has 5 heteroatoms. The molecule has 0 radical (unpaired) electrons. The van der Waals surface area contributed by atoms with E-state index in [0.717, 1.165) is 23.2 Å². The first-order valence-electron chi connectivity index (χ1n) is 5.73. The van der Waals surface area contributed by atoms with Gasteiger partial charge in [0.1, 0.15) is 0 Å². The highest BCUT2D eigenvalue weighted by atomic mass is 19.4. The number of rotatable bonds is 2. The number of fused-ring (bicyclic) bond motifs is 1. The van der Waals surface area contributed by atoms with Gasteiger partial charge in [0, 0.05) is 31.4 Å². The van der Waals surface area contributed by atoms with E-state index in [1.54, 1.807) is 0 Å². The molecule has 2 rings (SSSR count). The lowest BCUT2D eigenvalue weighted by molar-refractivity contribution is -0.147. The standard InChI is InChI=1S/C12H15F3N2/c1-2-9-5-10-7-17(8-12(13,14)15)4-3-11(10)16-6-9/h5-6H,2-4,7-8H2,1H3. The Kier molecular flexibility index (Phi) is 3.38. The summed E-state index contributed by atoms with van der Waals surface area (Å²) in [4.78, 5) is 5.75. The zero-order chi connectivity index (χ0) is 12.5. The third-order valence-corrected chi connectivity index (χ3v) is 2.99. The van der Waals surface area contributed by atoms with E-state index >= 15 is 0 Å². The summed E-state index contributed by atoms with van der Waals surface area (Å²) in [5, 5.41) is 0. The molecule has 0 saturated heterocycles. The van der Waals surface area contributed by atoms with Gasteiger partial charge in [-0.2, -0.15) is 13.2 Å². The van der Waals surface area contributed by atoms with Crippen molar-refractivity contribution in [1.29, 1.82) is 0 Å². The minimum atomic E-state index is -4.12. The Morgan fingerprint density at radius 1 is 1.41 bits per heavy atom. The maximum absolute atomic E-state index is 12.3. The molecule has 1 aromatic rings. The number of pyridine rings is 1. The highest BCUT2D eigenvalue weighted by Gasteiger charge is 2.32. The molecular formula is C12H15F3N2. The van der Waals surface area contributed by atoms with Crippen LogP contribution >= 0.6 is 0 Å². The highest BCUT2D eigenvalue weighted by Crippen LogP contribution is 2.23. The predicted molar refractivity (Wildman–Crippen MR) is 58.7 cm³/mol. The fourth-order valence-electron chi connectivity index (χ4n) is 2.12. The lowest BCUT2D eigenvalue weighted by atomic mass is 10.0. The summed E-state index contributed by atoms with van der Waals surface area (Å²) in [7, 11) is 0. The highest BCUT2D eigenvalue weighted by molar-refractivity contribution is 5.27. The fourth-order valence-corrected chi connectivity index (χ4v) is 2.12. The van der Waals surface area contributed by atoms with Crippen molar-refractivity contribution < 1.29 is 13.2 Å². The number of hydrogen-bond acceptors (Lipinski definition) is 2. The van der Waals surface area contributed by atoms with Crippen LogP contribution in [0, 0.1) is 0 Å². The summed E-state index contributed by atoms with van der Waals surface area (Å²) >= 11 is 0. The fraction of sp³-hybridized carbons (Fsp3) is 0.583. The van der Waals surface area contributed by atoms with Gasteiger partial charge in [-0.1, -0.05) is 13.0 Å². The number of nitrogens with zero attached hydrogens (tertiary/aromatic N) is 2. The number of hydrogen-bond donors (Lipinski definition) is 0. The summed E-state index contributed by atoms with van der Waals surface area (Å²) < 4.78 is 36.9. The molecule has 0 amide bonds. The van der Waals surface area contributed by atoms with Gasteiger partial charge in [-0.15, -0.1) is 0 Å². The molecule has 1 aliphatic heterocycles. The van der Waals surface area contributed by atoms with Crippen LogP contribution in [0.15, 0.2) is 12.3 Å². The molecule has 1 aromatic heterocycles. The van der Waals surface area contributed by atoms with Crippen LogP contribution in [0.4, 0.5) is 13.2 Å². The van der Waals surface area contributed by atoms with Gasteiger partial charge in [-0.05, 0) is 17.5 Å². The second kappa shape index (κ2) is 4.64. The van der Waals surface area contributed by atoms with Crippen LogP contribution < -0.4 is 0 Å². The molecule has 0 spiro atoms. The van der Waals surface area contributed by atoms with Crippen molar-refractivity contribution in [2.75, 3.05) is 13.1 Å². The van der Waals surface area contributed by atoms with Gasteiger partial charge >= 0.3 is 6.18 Å². The number of halogens is 3. The first-order valence-corrected chi connectivity index (χ1v) is 5.73. The normalized spacial score (nSPS) is 16.9. The Hall–Kier alpha value is -1.10. The van der Waals surface area contributed by atoms with Gasteiger partial charge in [0.2, 0.25) is 0 Å². The van der Waals surface area contributed by atoms with Crippen molar-refractivity contribution in [3.63, 3.8) is 0 Å². The molecule has 0 N–H and O–H groups in total. The Morgan fingerprint density at radius 2 is 2.18 bits per heavy atom. The lowest BCUT2D eigenvalue weighted by Crippen LogP contribution is -2.38. The second-order valence-electron chi connectivity index (χ2n) is 4.38. The third-order valence-electron chi connectivity index (χ3n) is 2.99. The van der Waals surface area contributed by atoms with E-state index in [0.29, 0.717) is 19.5 Å². The van der Waals surface area contributed by atoms with Crippen LogP contribution in [0.2, 0.25) is 0 Å². The van der Waals surface area contributed by atoms with E-state index in [-0.39, 0.29) is 0 Å². The van der Waals surface area contributed by atoms with Crippen molar-refractivity contribution in [2.45, 2.75) is 32.5 Å². The summed E-state index contributed by atoms with van der Waals surface area (Å²) in [5.41, 5.74) is 2.97. The monoisotopic (exact) mass is 244 g/mol. The van der Waals surface area contributed by atoms with Gasteiger partial charge in [-0.25, -0.2) is 0 Å². The average Bonchev–Trinajstić information content (AvgIpc) is 2.26. The maximum atomic E-state index is 12.3. The molecule has 0 unspecified atom stereocenters. The summed E-state index contributed by atoms with van der Waals surface area (Å²) in [5.74, 6) is 0. The first-order chi connectivity index (χ1) is 7.98. The van der Waals surface area contributed by atoms with Gasteiger partial charge < -0.3 is 0 Å². The molecule has 2 nitrogen and oxygen atoms in total. The van der Waals surface area contributed by atoms with Crippen LogP contribution in [0.1, 0.15) is 23.7 Å². The molecule has 94 valence electrons. The van der Waals surface area contributed by atoms with Crippen molar-refractivity contribution in [3.8, 4) is 0 Å². The summed E-state index contributed by atoms with van der Waals surface area (Å²) in [6.07, 6.45) is -0.833. The van der Waals surface area contributed by atoms with Crippen molar-refractivity contribution in [3.05, 3.63) is 29.1 Å². The molecule has 0 aromatic carbocycles. The Labute approximate surface area is 98.5 Å². The van der Waals surface area contributed by atoms with Gasteiger partial charge in [0.05, 0.1) is 6.54 Å².